The molecule has 1 atom stereocenters. The number of hydrogen-bond acceptors (Lipinski definition) is 4. The Labute approximate surface area is 134 Å². The van der Waals surface area contributed by atoms with Crippen molar-refractivity contribution in [2.45, 2.75) is 37.7 Å². The predicted octanol–water partition coefficient (Wildman–Crippen LogP) is 2.95. The van der Waals surface area contributed by atoms with E-state index in [2.05, 4.69) is 5.32 Å². The summed E-state index contributed by atoms with van der Waals surface area (Å²) in [5, 5.41) is 2.81. The summed E-state index contributed by atoms with van der Waals surface area (Å²) in [7, 11) is 1.37. The van der Waals surface area contributed by atoms with E-state index in [9.17, 15) is 13.2 Å². The maximum Gasteiger partial charge on any atom is 0.261 e. The molecule has 21 heavy (non-hydrogen) atoms. The van der Waals surface area contributed by atoms with Crippen molar-refractivity contribution in [3.05, 3.63) is 23.2 Å². The molecule has 1 N–H and O–H groups in total. The highest BCUT2D eigenvalue weighted by atomic mass is 35.7. The van der Waals surface area contributed by atoms with E-state index in [4.69, 9.17) is 27.0 Å². The van der Waals surface area contributed by atoms with Gasteiger partial charge >= 0.3 is 0 Å². The number of amides is 1. The normalized spacial score (nSPS) is 12.8. The molecule has 8 heteroatoms. The fourth-order valence-corrected chi connectivity index (χ4v) is 2.57. The molecule has 0 aliphatic carbocycles. The Balaban J connectivity index is 2.73. The smallest absolute Gasteiger partial charge is 0.261 e. The summed E-state index contributed by atoms with van der Waals surface area (Å²) < 4.78 is 27.8. The summed E-state index contributed by atoms with van der Waals surface area (Å²) in [5.74, 6) is -0.0348. The van der Waals surface area contributed by atoms with Crippen molar-refractivity contribution in [2.24, 2.45) is 0 Å². The van der Waals surface area contributed by atoms with Crippen molar-refractivity contribution in [1.82, 2.24) is 5.32 Å². The fourth-order valence-electron chi connectivity index (χ4n) is 1.50. The topological polar surface area (TPSA) is 72.5 Å². The van der Waals surface area contributed by atoms with E-state index in [-0.39, 0.29) is 21.6 Å². The first kappa shape index (κ1) is 18.1. The number of carbonyl (C=O) groups is 1. The van der Waals surface area contributed by atoms with Gasteiger partial charge in [-0.2, -0.15) is 0 Å². The molecule has 0 bridgehead atoms. The van der Waals surface area contributed by atoms with Gasteiger partial charge in [0.1, 0.15) is 5.75 Å². The monoisotopic (exact) mass is 353 g/mol. The molecule has 0 spiro atoms. The summed E-state index contributed by atoms with van der Waals surface area (Å²) in [5.41, 5.74) is 0. The number of hydrogen-bond donors (Lipinski definition) is 1. The molecule has 0 saturated heterocycles. The number of ether oxygens (including phenoxy) is 1. The molecule has 0 aliphatic heterocycles. The summed E-state index contributed by atoms with van der Waals surface area (Å²) >= 11 is 5.93. The van der Waals surface area contributed by atoms with E-state index < -0.39 is 15.2 Å². The Morgan fingerprint density at radius 1 is 1.43 bits per heavy atom. The fraction of sp³-hybridized carbons (Fsp3) is 0.462. The average Bonchev–Trinajstić information content (AvgIpc) is 2.39. The SMILES string of the molecule is CCCCNC(=O)C(C)Oc1ccc(S(=O)(=O)Cl)cc1Cl. The molecule has 1 amide bonds. The van der Waals surface area contributed by atoms with Crippen LogP contribution in [0.2, 0.25) is 5.02 Å². The summed E-state index contributed by atoms with van der Waals surface area (Å²) in [6.07, 6.45) is 1.13. The van der Waals surface area contributed by atoms with E-state index in [1.54, 1.807) is 6.92 Å². The molecule has 1 unspecified atom stereocenters. The molecule has 1 rings (SSSR count). The molecule has 0 aromatic heterocycles. The molecule has 0 saturated carbocycles. The first-order valence-electron chi connectivity index (χ1n) is 6.44. The van der Waals surface area contributed by atoms with Crippen LogP contribution in [-0.4, -0.2) is 27.0 Å². The summed E-state index contributed by atoms with van der Waals surface area (Å²) in [6.45, 7) is 4.20. The highest BCUT2D eigenvalue weighted by Gasteiger charge is 2.17. The van der Waals surface area contributed by atoms with Gasteiger partial charge in [-0.05, 0) is 31.5 Å². The van der Waals surface area contributed by atoms with Gasteiger partial charge in [0.05, 0.1) is 9.92 Å². The van der Waals surface area contributed by atoms with Crippen LogP contribution in [0.3, 0.4) is 0 Å². The van der Waals surface area contributed by atoms with Gasteiger partial charge in [-0.25, -0.2) is 8.42 Å². The lowest BCUT2D eigenvalue weighted by Crippen LogP contribution is -2.36. The van der Waals surface area contributed by atoms with E-state index in [0.717, 1.165) is 12.8 Å². The summed E-state index contributed by atoms with van der Waals surface area (Å²) in [4.78, 5) is 11.6. The highest BCUT2D eigenvalue weighted by Crippen LogP contribution is 2.29. The van der Waals surface area contributed by atoms with Crippen molar-refractivity contribution in [2.75, 3.05) is 6.54 Å². The van der Waals surface area contributed by atoms with Gasteiger partial charge in [0.2, 0.25) is 0 Å². The van der Waals surface area contributed by atoms with Gasteiger partial charge in [0.15, 0.2) is 6.10 Å². The molecule has 0 heterocycles. The van der Waals surface area contributed by atoms with E-state index in [0.29, 0.717) is 6.54 Å². The first-order chi connectivity index (χ1) is 9.75. The third kappa shape index (κ3) is 5.73. The molecule has 0 aliphatic rings. The molecule has 118 valence electrons. The Morgan fingerprint density at radius 3 is 2.62 bits per heavy atom. The maximum atomic E-state index is 11.8. The lowest BCUT2D eigenvalue weighted by molar-refractivity contribution is -0.127. The van der Waals surface area contributed by atoms with Crippen LogP contribution < -0.4 is 10.1 Å². The van der Waals surface area contributed by atoms with Crippen molar-refractivity contribution in [3.63, 3.8) is 0 Å². The Bertz CT molecular complexity index is 604. The standard InChI is InChI=1S/C13H17Cl2NO4S/c1-3-4-7-16-13(17)9(2)20-12-6-5-10(8-11(12)14)21(15,18)19/h5-6,8-9H,3-4,7H2,1-2H3,(H,16,17). The van der Waals surface area contributed by atoms with Crippen LogP contribution in [0.1, 0.15) is 26.7 Å². The number of benzene rings is 1. The average molecular weight is 354 g/mol. The van der Waals surface area contributed by atoms with Crippen LogP contribution in [0.25, 0.3) is 0 Å². The third-order valence-electron chi connectivity index (χ3n) is 2.69. The second-order valence-corrected chi connectivity index (χ2v) is 7.41. The van der Waals surface area contributed by atoms with Crippen molar-refractivity contribution >= 4 is 37.2 Å². The largest absolute Gasteiger partial charge is 0.479 e. The zero-order chi connectivity index (χ0) is 16.0. The lowest BCUT2D eigenvalue weighted by atomic mass is 10.3. The van der Waals surface area contributed by atoms with Gasteiger partial charge < -0.3 is 10.1 Å². The third-order valence-corrected chi connectivity index (χ3v) is 4.33. The highest BCUT2D eigenvalue weighted by molar-refractivity contribution is 8.13. The van der Waals surface area contributed by atoms with Crippen LogP contribution in [0.5, 0.6) is 5.75 Å². The zero-order valence-corrected chi connectivity index (χ0v) is 14.1. The quantitative estimate of drug-likeness (QED) is 0.604. The lowest BCUT2D eigenvalue weighted by Gasteiger charge is -2.15. The number of rotatable bonds is 7. The van der Waals surface area contributed by atoms with Crippen LogP contribution in [0, 0.1) is 0 Å². The number of unbranched alkanes of at least 4 members (excludes halogenated alkanes) is 1. The molecular formula is C13H17Cl2NO4S. The Kier molecular flexibility index (Phi) is 6.77. The Morgan fingerprint density at radius 2 is 2.10 bits per heavy atom. The van der Waals surface area contributed by atoms with Gasteiger partial charge in [-0.1, -0.05) is 24.9 Å². The van der Waals surface area contributed by atoms with E-state index in [1.165, 1.54) is 18.2 Å². The molecule has 5 nitrogen and oxygen atoms in total. The molecule has 1 aromatic carbocycles. The van der Waals surface area contributed by atoms with E-state index >= 15 is 0 Å². The first-order valence-corrected chi connectivity index (χ1v) is 9.13. The number of carbonyl (C=O) groups excluding carboxylic acids is 1. The van der Waals surface area contributed by atoms with E-state index in [1.807, 2.05) is 6.92 Å². The predicted molar refractivity (Wildman–Crippen MR) is 82.5 cm³/mol. The van der Waals surface area contributed by atoms with Gasteiger partial charge in [-0.3, -0.25) is 4.79 Å². The molecule has 0 radical (unpaired) electrons. The second-order valence-electron chi connectivity index (χ2n) is 4.43. The molecule has 0 fully saturated rings. The second kappa shape index (κ2) is 7.87. The minimum atomic E-state index is -3.85. The summed E-state index contributed by atoms with van der Waals surface area (Å²) in [6, 6.07) is 3.82. The van der Waals surface area contributed by atoms with Crippen LogP contribution >= 0.6 is 22.3 Å². The Hall–Kier alpha value is -0.980. The van der Waals surface area contributed by atoms with Gasteiger partial charge in [-0.15, -0.1) is 0 Å². The van der Waals surface area contributed by atoms with Crippen LogP contribution in [0.15, 0.2) is 23.1 Å². The minimum absolute atomic E-state index is 0.0740. The van der Waals surface area contributed by atoms with Gasteiger partial charge in [0, 0.05) is 17.2 Å². The van der Waals surface area contributed by atoms with Crippen LogP contribution in [-0.2, 0) is 13.8 Å². The zero-order valence-electron chi connectivity index (χ0n) is 11.7. The minimum Gasteiger partial charge on any atom is -0.479 e. The van der Waals surface area contributed by atoms with Gasteiger partial charge in [0.25, 0.3) is 15.0 Å². The number of nitrogens with one attached hydrogen (secondary N) is 1. The molecular weight excluding hydrogens is 337 g/mol. The van der Waals surface area contributed by atoms with Crippen LogP contribution in [0.4, 0.5) is 0 Å². The van der Waals surface area contributed by atoms with Crippen molar-refractivity contribution in [3.8, 4) is 5.75 Å². The maximum absolute atomic E-state index is 11.8. The number of halogens is 2. The van der Waals surface area contributed by atoms with Crippen molar-refractivity contribution < 1.29 is 17.9 Å². The molecule has 1 aromatic rings. The van der Waals surface area contributed by atoms with Crippen molar-refractivity contribution in [1.29, 1.82) is 0 Å².